The van der Waals surface area contributed by atoms with Crippen LogP contribution < -0.4 is 10.9 Å². The lowest BCUT2D eigenvalue weighted by molar-refractivity contribution is -0.116. The van der Waals surface area contributed by atoms with Gasteiger partial charge in [0.15, 0.2) is 0 Å². The Morgan fingerprint density at radius 3 is 2.89 bits per heavy atom. The predicted molar refractivity (Wildman–Crippen MR) is 107 cm³/mol. The number of aryl methyl sites for hydroxylation is 1. The van der Waals surface area contributed by atoms with Crippen molar-refractivity contribution in [3.63, 3.8) is 0 Å². The topological polar surface area (TPSA) is 77.1 Å². The van der Waals surface area contributed by atoms with Gasteiger partial charge in [-0.05, 0) is 55.0 Å². The molecule has 0 atom stereocenters. The maximum atomic E-state index is 12.8. The van der Waals surface area contributed by atoms with Gasteiger partial charge in [0.25, 0.3) is 5.56 Å². The van der Waals surface area contributed by atoms with Gasteiger partial charge in [-0.25, -0.2) is 4.98 Å². The zero-order valence-corrected chi connectivity index (χ0v) is 15.3. The zero-order chi connectivity index (χ0) is 19.1. The molecule has 1 aliphatic carbocycles. The minimum atomic E-state index is -0.355. The molecule has 0 bridgehead atoms. The highest BCUT2D eigenvalue weighted by molar-refractivity contribution is 6.01. The molecular weight excluding hydrogens is 354 g/mol. The Labute approximate surface area is 160 Å². The highest BCUT2D eigenvalue weighted by atomic mass is 16.3. The van der Waals surface area contributed by atoms with Crippen LogP contribution in [0.15, 0.2) is 58.0 Å². The molecule has 0 fully saturated rings. The van der Waals surface area contributed by atoms with E-state index in [0.29, 0.717) is 11.1 Å². The number of nitrogens with one attached hydrogen (secondary N) is 1. The standard InChI is InChI=1S/C22H19N3O3/c26-19(24-17-10-5-7-14-6-1-2-8-15(14)17)12-25-13-23-20-16-9-3-4-11-18(16)28-21(20)22(25)27/h3-5,7,9-11,13H,1-2,6,8,12H2,(H,24,26). The maximum Gasteiger partial charge on any atom is 0.297 e. The van der Waals surface area contributed by atoms with Crippen molar-refractivity contribution in [3.8, 4) is 0 Å². The maximum absolute atomic E-state index is 12.8. The lowest BCUT2D eigenvalue weighted by atomic mass is 9.90. The summed E-state index contributed by atoms with van der Waals surface area (Å²) in [5, 5.41) is 3.76. The molecule has 2 aromatic heterocycles. The first-order valence-corrected chi connectivity index (χ1v) is 9.48. The number of fused-ring (bicyclic) bond motifs is 4. The Balaban J connectivity index is 1.44. The number of carbonyl (C=O) groups excluding carboxylic acids is 1. The number of rotatable bonds is 3. The SMILES string of the molecule is O=C(Cn1cnc2c(oc3ccccc32)c1=O)Nc1cccc2c1CCCC2. The summed E-state index contributed by atoms with van der Waals surface area (Å²) in [5.41, 5.74) is 4.30. The Morgan fingerprint density at radius 1 is 1.11 bits per heavy atom. The first-order valence-electron chi connectivity index (χ1n) is 9.48. The summed E-state index contributed by atoms with van der Waals surface area (Å²) >= 11 is 0. The Morgan fingerprint density at radius 2 is 1.96 bits per heavy atom. The van der Waals surface area contributed by atoms with Crippen molar-refractivity contribution in [2.24, 2.45) is 0 Å². The molecule has 0 aliphatic heterocycles. The number of amides is 1. The summed E-state index contributed by atoms with van der Waals surface area (Å²) in [6.45, 7) is -0.109. The molecule has 2 aromatic carbocycles. The van der Waals surface area contributed by atoms with Crippen molar-refractivity contribution >= 4 is 33.7 Å². The van der Waals surface area contributed by atoms with E-state index < -0.39 is 0 Å². The summed E-state index contributed by atoms with van der Waals surface area (Å²) in [7, 11) is 0. The second-order valence-electron chi connectivity index (χ2n) is 7.15. The Hall–Kier alpha value is -3.41. The van der Waals surface area contributed by atoms with Gasteiger partial charge in [0, 0.05) is 11.1 Å². The van der Waals surface area contributed by atoms with Crippen molar-refractivity contribution in [3.05, 3.63) is 70.3 Å². The van der Waals surface area contributed by atoms with Gasteiger partial charge in [0.05, 0.1) is 6.33 Å². The second kappa shape index (κ2) is 6.64. The van der Waals surface area contributed by atoms with Crippen molar-refractivity contribution in [1.29, 1.82) is 0 Å². The molecule has 2 heterocycles. The average Bonchev–Trinajstić information content (AvgIpc) is 3.10. The van der Waals surface area contributed by atoms with Crippen LogP contribution in [-0.4, -0.2) is 15.5 Å². The van der Waals surface area contributed by atoms with E-state index in [0.717, 1.165) is 30.3 Å². The van der Waals surface area contributed by atoms with E-state index in [4.69, 9.17) is 4.42 Å². The monoisotopic (exact) mass is 373 g/mol. The molecule has 28 heavy (non-hydrogen) atoms. The van der Waals surface area contributed by atoms with Gasteiger partial charge in [-0.2, -0.15) is 0 Å². The van der Waals surface area contributed by atoms with E-state index in [1.807, 2.05) is 30.3 Å². The van der Waals surface area contributed by atoms with Crippen LogP contribution in [0.1, 0.15) is 24.0 Å². The quantitative estimate of drug-likeness (QED) is 0.594. The molecule has 1 amide bonds. The van der Waals surface area contributed by atoms with Crippen molar-refractivity contribution in [2.75, 3.05) is 5.32 Å². The fraction of sp³-hybridized carbons (Fsp3) is 0.227. The lowest BCUT2D eigenvalue weighted by Crippen LogP contribution is -2.28. The molecule has 5 rings (SSSR count). The minimum absolute atomic E-state index is 0.109. The van der Waals surface area contributed by atoms with E-state index in [1.165, 1.54) is 28.4 Å². The van der Waals surface area contributed by atoms with Gasteiger partial charge < -0.3 is 9.73 Å². The summed E-state index contributed by atoms with van der Waals surface area (Å²) in [5.74, 6) is -0.252. The van der Waals surface area contributed by atoms with Crippen LogP contribution >= 0.6 is 0 Å². The second-order valence-corrected chi connectivity index (χ2v) is 7.15. The molecule has 6 nitrogen and oxygen atoms in total. The van der Waals surface area contributed by atoms with E-state index >= 15 is 0 Å². The van der Waals surface area contributed by atoms with Crippen molar-refractivity contribution in [1.82, 2.24) is 9.55 Å². The molecule has 0 saturated carbocycles. The van der Waals surface area contributed by atoms with Gasteiger partial charge >= 0.3 is 0 Å². The van der Waals surface area contributed by atoms with E-state index in [9.17, 15) is 9.59 Å². The highest BCUT2D eigenvalue weighted by Gasteiger charge is 2.17. The van der Waals surface area contributed by atoms with Gasteiger partial charge in [-0.1, -0.05) is 24.3 Å². The van der Waals surface area contributed by atoms with Crippen LogP contribution in [0, 0.1) is 0 Å². The van der Waals surface area contributed by atoms with Crippen LogP contribution in [0.25, 0.3) is 22.1 Å². The van der Waals surface area contributed by atoms with Gasteiger partial charge in [-0.15, -0.1) is 0 Å². The van der Waals surface area contributed by atoms with Crippen LogP contribution in [0.3, 0.4) is 0 Å². The molecule has 0 saturated heterocycles. The zero-order valence-electron chi connectivity index (χ0n) is 15.3. The Bertz CT molecular complexity index is 1270. The molecule has 0 unspecified atom stereocenters. The number of benzene rings is 2. The van der Waals surface area contributed by atoms with Gasteiger partial charge in [0.2, 0.25) is 11.5 Å². The number of carbonyl (C=O) groups is 1. The lowest BCUT2D eigenvalue weighted by Gasteiger charge is -2.19. The van der Waals surface area contributed by atoms with E-state index in [1.54, 1.807) is 6.07 Å². The smallest absolute Gasteiger partial charge is 0.297 e. The third-order valence-corrected chi connectivity index (χ3v) is 5.33. The number of hydrogen-bond donors (Lipinski definition) is 1. The summed E-state index contributed by atoms with van der Waals surface area (Å²) in [6, 6.07) is 13.4. The molecule has 0 spiro atoms. The molecule has 0 radical (unpaired) electrons. The fourth-order valence-corrected chi connectivity index (χ4v) is 3.97. The van der Waals surface area contributed by atoms with Crippen LogP contribution in [0.5, 0.6) is 0 Å². The molecule has 6 heteroatoms. The number of para-hydroxylation sites is 1. The third kappa shape index (κ3) is 2.78. The third-order valence-electron chi connectivity index (χ3n) is 5.33. The molecule has 1 N–H and O–H groups in total. The number of nitrogens with zero attached hydrogens (tertiary/aromatic N) is 2. The number of furan rings is 1. The van der Waals surface area contributed by atoms with Crippen LogP contribution in [-0.2, 0) is 24.2 Å². The first-order chi connectivity index (χ1) is 13.7. The predicted octanol–water partition coefficient (Wildman–Crippen LogP) is 3.66. The van der Waals surface area contributed by atoms with Gasteiger partial charge in [0.1, 0.15) is 17.6 Å². The summed E-state index contributed by atoms with van der Waals surface area (Å²) in [6.07, 6.45) is 5.74. The van der Waals surface area contributed by atoms with Crippen molar-refractivity contribution in [2.45, 2.75) is 32.2 Å². The van der Waals surface area contributed by atoms with Gasteiger partial charge in [-0.3, -0.25) is 14.2 Å². The molecule has 140 valence electrons. The van der Waals surface area contributed by atoms with E-state index in [-0.39, 0.29) is 23.6 Å². The number of aromatic nitrogens is 2. The average molecular weight is 373 g/mol. The molecule has 4 aromatic rings. The minimum Gasteiger partial charge on any atom is -0.448 e. The largest absolute Gasteiger partial charge is 0.448 e. The van der Waals surface area contributed by atoms with Crippen LogP contribution in [0.2, 0.25) is 0 Å². The Kier molecular flexibility index (Phi) is 3.97. The number of hydrogen-bond acceptors (Lipinski definition) is 4. The van der Waals surface area contributed by atoms with Crippen LogP contribution in [0.4, 0.5) is 5.69 Å². The fourth-order valence-electron chi connectivity index (χ4n) is 3.97. The normalized spacial score (nSPS) is 13.6. The number of anilines is 1. The van der Waals surface area contributed by atoms with E-state index in [2.05, 4.69) is 16.4 Å². The summed E-state index contributed by atoms with van der Waals surface area (Å²) in [4.78, 5) is 29.7. The molecular formula is C22H19N3O3. The molecule has 1 aliphatic rings. The first kappa shape index (κ1) is 16.7. The van der Waals surface area contributed by atoms with Crippen molar-refractivity contribution < 1.29 is 9.21 Å². The highest BCUT2D eigenvalue weighted by Crippen LogP contribution is 2.28. The summed E-state index contributed by atoms with van der Waals surface area (Å²) < 4.78 is 6.96.